The number of halogens is 2. The van der Waals surface area contributed by atoms with Crippen LogP contribution in [-0.4, -0.2) is 25.7 Å². The summed E-state index contributed by atoms with van der Waals surface area (Å²) in [4.78, 5) is 0. The van der Waals surface area contributed by atoms with Crippen LogP contribution < -0.4 is 24.8 Å². The number of hydrogen-bond donors (Lipinski definition) is 0. The van der Waals surface area contributed by atoms with Crippen LogP contribution in [0.1, 0.15) is 70.2 Å². The van der Waals surface area contributed by atoms with Crippen molar-refractivity contribution in [2.75, 3.05) is 25.7 Å². The van der Waals surface area contributed by atoms with Crippen LogP contribution in [0.15, 0.2) is 59.2 Å². The summed E-state index contributed by atoms with van der Waals surface area (Å²) in [7, 11) is -0.0430. The number of unbranched alkanes of at least 4 members (excludes halogenated alkanes) is 2. The second-order valence-corrected chi connectivity index (χ2v) is 16.1. The Morgan fingerprint density at radius 3 is 1.64 bits per heavy atom. The van der Waals surface area contributed by atoms with Crippen molar-refractivity contribution in [3.05, 3.63) is 81.4 Å². The van der Waals surface area contributed by atoms with Gasteiger partial charge in [-0.25, -0.2) is 0 Å². The molecule has 2 aliphatic rings. The maximum Gasteiger partial charge on any atom is -1.00 e. The van der Waals surface area contributed by atoms with Gasteiger partial charge in [0.1, 0.15) is 0 Å². The molecule has 0 saturated heterocycles. The van der Waals surface area contributed by atoms with Crippen LogP contribution in [0.5, 0.6) is 0 Å². The summed E-state index contributed by atoms with van der Waals surface area (Å²) in [6.07, 6.45) is 13.5. The molecule has 4 rings (SSSR count). The molecule has 0 N–H and O–H groups in total. The molecular formula is C28H36Cl2P2Ti. The van der Waals surface area contributed by atoms with E-state index in [2.05, 4.69) is 87.9 Å². The Bertz CT molecular complexity index is 962. The van der Waals surface area contributed by atoms with Crippen molar-refractivity contribution < 1.29 is 44.0 Å². The van der Waals surface area contributed by atoms with Crippen LogP contribution >= 0.6 is 15.8 Å². The summed E-state index contributed by atoms with van der Waals surface area (Å²) in [5.74, 6) is 0. The molecule has 0 saturated carbocycles. The summed E-state index contributed by atoms with van der Waals surface area (Å²) < 4.78 is 1.44. The second kappa shape index (κ2) is 14.0. The predicted octanol–water partition coefficient (Wildman–Crippen LogP) is 3.09. The number of fused-ring (bicyclic) bond motifs is 2. The largest absolute Gasteiger partial charge is 1.00 e. The number of allylic oxidation sites excluding steroid dienone is 2. The molecule has 0 heterocycles. The molecule has 2 unspecified atom stereocenters. The van der Waals surface area contributed by atoms with E-state index in [1.807, 2.05) is 5.31 Å². The molecular weight excluding hydrogens is 517 g/mol. The SMILES string of the molecule is CCCCP(CCCC)C1=Cc2ccccc2[CH]1[Ti+2][CH]1C(P(C)C)=Cc2ccccc21.[Cl-].[Cl-]. The second-order valence-electron chi connectivity index (χ2n) is 9.02. The van der Waals surface area contributed by atoms with Crippen molar-refractivity contribution in [1.29, 1.82) is 0 Å². The first-order chi connectivity index (χ1) is 15.1. The monoisotopic (exact) mass is 552 g/mol. The van der Waals surface area contributed by atoms with Crippen LogP contribution in [0, 0.1) is 0 Å². The van der Waals surface area contributed by atoms with E-state index in [0.717, 1.165) is 4.22 Å². The predicted molar refractivity (Wildman–Crippen MR) is 140 cm³/mol. The van der Waals surface area contributed by atoms with E-state index in [0.29, 0.717) is 4.22 Å². The first-order valence-electron chi connectivity index (χ1n) is 11.9. The zero-order valence-electron chi connectivity index (χ0n) is 20.3. The van der Waals surface area contributed by atoms with Gasteiger partial charge in [0.25, 0.3) is 0 Å². The molecule has 0 radical (unpaired) electrons. The molecule has 5 heteroatoms. The Morgan fingerprint density at radius 1 is 0.697 bits per heavy atom. The summed E-state index contributed by atoms with van der Waals surface area (Å²) >= 11 is -0.221. The Labute approximate surface area is 225 Å². The average molecular weight is 553 g/mol. The third-order valence-corrected chi connectivity index (χ3v) is 14.6. The Balaban J connectivity index is 0.00000193. The van der Waals surface area contributed by atoms with Crippen LogP contribution in [0.2, 0.25) is 0 Å². The average Bonchev–Trinajstić information content (AvgIpc) is 3.33. The molecule has 2 aromatic rings. The fourth-order valence-corrected chi connectivity index (χ4v) is 14.3. The van der Waals surface area contributed by atoms with E-state index in [1.54, 1.807) is 16.4 Å². The van der Waals surface area contributed by atoms with Crippen LogP contribution in [0.25, 0.3) is 12.2 Å². The fraction of sp³-hybridized carbons (Fsp3) is 0.429. The summed E-state index contributed by atoms with van der Waals surface area (Å²) in [5.41, 5.74) is 6.31. The van der Waals surface area contributed by atoms with Gasteiger partial charge in [-0.2, -0.15) is 0 Å². The quantitative estimate of drug-likeness (QED) is 0.314. The fourth-order valence-electron chi connectivity index (χ4n) is 4.86. The zero-order valence-corrected chi connectivity index (χ0v) is 25.2. The Morgan fingerprint density at radius 2 is 1.15 bits per heavy atom. The molecule has 33 heavy (non-hydrogen) atoms. The normalized spacial score (nSPS) is 18.1. The summed E-state index contributed by atoms with van der Waals surface area (Å²) in [6, 6.07) is 18.6. The van der Waals surface area contributed by atoms with Crippen LogP contribution in [-0.2, 0) is 19.2 Å². The molecule has 176 valence electrons. The minimum absolute atomic E-state index is 0. The van der Waals surface area contributed by atoms with Gasteiger partial charge in [0.05, 0.1) is 0 Å². The van der Waals surface area contributed by atoms with Gasteiger partial charge in [-0.15, -0.1) is 0 Å². The van der Waals surface area contributed by atoms with Gasteiger partial charge >= 0.3 is 202 Å². The van der Waals surface area contributed by atoms with Gasteiger partial charge in [-0.3, -0.25) is 0 Å². The van der Waals surface area contributed by atoms with Crippen molar-refractivity contribution in [2.24, 2.45) is 0 Å². The van der Waals surface area contributed by atoms with E-state index in [1.165, 1.54) is 49.1 Å². The number of rotatable bonds is 10. The molecule has 0 fully saturated rings. The standard InChI is InChI=1S/C17H24P.C11H12P.2ClH.Ti/c1-3-5-11-18(12-6-4-2)17-13-15-9-7-8-10-16(15)14-17;1-12(2)11-7-9-5-3-4-6-10(9)8-11;;;/h7-10,13-14H,3-6,11-12H2,1-2H3;3-8H,1-2H3;2*1H;/q;;;;+2/p-2. The van der Waals surface area contributed by atoms with E-state index >= 15 is 0 Å². The maximum absolute atomic E-state index is 2.64. The van der Waals surface area contributed by atoms with Gasteiger partial charge in [0.15, 0.2) is 0 Å². The molecule has 0 amide bonds. The van der Waals surface area contributed by atoms with Gasteiger partial charge in [-0.1, -0.05) is 0 Å². The topological polar surface area (TPSA) is 0 Å². The van der Waals surface area contributed by atoms with Crippen molar-refractivity contribution in [3.63, 3.8) is 0 Å². The summed E-state index contributed by atoms with van der Waals surface area (Å²) in [5, 5.41) is 3.62. The summed E-state index contributed by atoms with van der Waals surface area (Å²) in [6.45, 7) is 9.63. The van der Waals surface area contributed by atoms with Gasteiger partial charge in [0, 0.05) is 0 Å². The van der Waals surface area contributed by atoms with Crippen molar-refractivity contribution in [2.45, 2.75) is 48.0 Å². The molecule has 0 aliphatic heterocycles. The maximum atomic E-state index is 2.64. The zero-order chi connectivity index (χ0) is 21.8. The Kier molecular flexibility index (Phi) is 12.4. The third kappa shape index (κ3) is 6.64. The van der Waals surface area contributed by atoms with Crippen LogP contribution in [0.3, 0.4) is 0 Å². The first-order valence-corrected chi connectivity index (χ1v) is 17.7. The smallest absolute Gasteiger partial charge is 1.00 e. The van der Waals surface area contributed by atoms with Gasteiger partial charge in [0.2, 0.25) is 0 Å². The van der Waals surface area contributed by atoms with Crippen molar-refractivity contribution in [3.8, 4) is 0 Å². The Hall–Kier alpha value is 0.0743. The first kappa shape index (κ1) is 29.3. The van der Waals surface area contributed by atoms with Crippen LogP contribution in [0.4, 0.5) is 0 Å². The van der Waals surface area contributed by atoms with E-state index in [-0.39, 0.29) is 59.8 Å². The molecule has 0 bridgehead atoms. The number of hydrogen-bond acceptors (Lipinski definition) is 0. The van der Waals surface area contributed by atoms with Crippen molar-refractivity contribution >= 4 is 28.0 Å². The van der Waals surface area contributed by atoms with Crippen molar-refractivity contribution in [1.82, 2.24) is 0 Å². The molecule has 2 atom stereocenters. The van der Waals surface area contributed by atoms with Gasteiger partial charge < -0.3 is 24.8 Å². The number of benzene rings is 2. The molecule has 2 aliphatic carbocycles. The molecule has 2 aromatic carbocycles. The van der Waals surface area contributed by atoms with E-state index in [4.69, 9.17) is 0 Å². The molecule has 0 aromatic heterocycles. The third-order valence-electron chi connectivity index (χ3n) is 6.59. The van der Waals surface area contributed by atoms with E-state index in [9.17, 15) is 0 Å². The molecule has 0 spiro atoms. The van der Waals surface area contributed by atoms with E-state index < -0.39 is 0 Å². The van der Waals surface area contributed by atoms with Gasteiger partial charge in [-0.05, 0) is 0 Å². The molecule has 0 nitrogen and oxygen atoms in total. The minimum Gasteiger partial charge on any atom is -1.00 e. The minimum atomic E-state index is -0.221.